The Morgan fingerprint density at radius 1 is 1.10 bits per heavy atom. The number of imidazole rings is 1. The van der Waals surface area contributed by atoms with Crippen LogP contribution in [0.4, 0.5) is 4.79 Å². The number of halogens is 1. The minimum Gasteiger partial charge on any atom is -0.481 e. The molecule has 210 valence electrons. The first-order chi connectivity index (χ1) is 19.0. The number of aromatic nitrogens is 2. The molecule has 0 saturated carbocycles. The summed E-state index contributed by atoms with van der Waals surface area (Å²) in [4.78, 5) is 28.1. The van der Waals surface area contributed by atoms with Gasteiger partial charge in [-0.25, -0.2) is 22.9 Å². The Morgan fingerprint density at radius 3 is 2.40 bits per heavy atom. The van der Waals surface area contributed by atoms with Crippen LogP contribution in [0.1, 0.15) is 36.4 Å². The van der Waals surface area contributed by atoms with Gasteiger partial charge in [0.05, 0.1) is 28.5 Å². The number of carboxylic acid groups (broad SMARTS) is 1. The highest BCUT2D eigenvalue weighted by atomic mass is 35.5. The summed E-state index contributed by atoms with van der Waals surface area (Å²) >= 11 is 6.53. The number of carboxylic acids is 1. The molecule has 0 spiro atoms. The molecule has 3 aromatic carbocycles. The number of ether oxygens (including phenoxy) is 1. The van der Waals surface area contributed by atoms with Gasteiger partial charge in [-0.15, -0.1) is 0 Å². The highest BCUT2D eigenvalue weighted by Gasteiger charge is 2.19. The van der Waals surface area contributed by atoms with E-state index in [9.17, 15) is 23.1 Å². The molecule has 0 saturated heterocycles. The second-order valence-electron chi connectivity index (χ2n) is 9.56. The Labute approximate surface area is 237 Å². The number of hydrogen-bond acceptors (Lipinski definition) is 6. The van der Waals surface area contributed by atoms with Gasteiger partial charge in [-0.05, 0) is 60.9 Å². The summed E-state index contributed by atoms with van der Waals surface area (Å²) in [5, 5.41) is 9.75. The number of aliphatic carboxylic acids is 1. The van der Waals surface area contributed by atoms with Crippen molar-refractivity contribution in [3.63, 3.8) is 0 Å². The number of fused-ring (bicyclic) bond motifs is 1. The van der Waals surface area contributed by atoms with Gasteiger partial charge in [0.25, 0.3) is 10.0 Å². The summed E-state index contributed by atoms with van der Waals surface area (Å²) < 4.78 is 33.7. The fraction of sp³-hybridized carbons (Fsp3) is 0.276. The molecule has 4 aromatic rings. The molecule has 4 rings (SSSR count). The molecule has 0 bridgehead atoms. The maximum absolute atomic E-state index is 12.3. The number of aryl methyl sites for hydroxylation is 2. The van der Waals surface area contributed by atoms with Crippen LogP contribution in [-0.4, -0.2) is 41.7 Å². The Balaban J connectivity index is 1.43. The molecule has 0 fully saturated rings. The number of carbonyl (C=O) groups excluding carboxylic acids is 1. The van der Waals surface area contributed by atoms with Crippen LogP contribution in [0.3, 0.4) is 0 Å². The van der Waals surface area contributed by atoms with E-state index >= 15 is 0 Å². The lowest BCUT2D eigenvalue weighted by Gasteiger charge is -2.12. The van der Waals surface area contributed by atoms with Gasteiger partial charge in [0, 0.05) is 23.6 Å². The van der Waals surface area contributed by atoms with Crippen LogP contribution < -0.4 is 4.72 Å². The lowest BCUT2D eigenvalue weighted by atomic mass is 10.0. The van der Waals surface area contributed by atoms with Crippen molar-refractivity contribution in [1.29, 1.82) is 0 Å². The molecule has 40 heavy (non-hydrogen) atoms. The molecule has 1 aromatic heterocycles. The third-order valence-electron chi connectivity index (χ3n) is 6.52. The summed E-state index contributed by atoms with van der Waals surface area (Å²) in [6.07, 6.45) is 0.332. The molecule has 1 unspecified atom stereocenters. The molecule has 2 N–H and O–H groups in total. The second-order valence-corrected chi connectivity index (χ2v) is 11.7. The van der Waals surface area contributed by atoms with E-state index in [0.717, 1.165) is 39.2 Å². The van der Waals surface area contributed by atoms with Crippen LogP contribution in [0.5, 0.6) is 0 Å². The standard InChI is InChI=1S/C29H30ClN3O6S/c1-4-27-31-25-16-21(15-19(3)28(34)35)24(30)17-26(25)33(27)22-9-7-20(8-10-22)13-14-39-29(36)32-40(37,38)23-11-5-18(2)6-12-23/h5-12,16-17,19H,4,13-15H2,1-3H3,(H,32,36)(H,34,35). The molecule has 0 aliphatic rings. The number of hydrogen-bond donors (Lipinski definition) is 2. The van der Waals surface area contributed by atoms with Crippen molar-refractivity contribution in [2.24, 2.45) is 5.92 Å². The van der Waals surface area contributed by atoms with Gasteiger partial charge in [-0.1, -0.05) is 55.3 Å². The fourth-order valence-corrected chi connectivity index (χ4v) is 5.40. The normalized spacial score (nSPS) is 12.3. The lowest BCUT2D eigenvalue weighted by Crippen LogP contribution is -2.31. The molecule has 1 heterocycles. The highest BCUT2D eigenvalue weighted by Crippen LogP contribution is 2.29. The van der Waals surface area contributed by atoms with Gasteiger partial charge in [0.1, 0.15) is 5.82 Å². The quantitative estimate of drug-likeness (QED) is 0.253. The zero-order chi connectivity index (χ0) is 29.0. The monoisotopic (exact) mass is 583 g/mol. The summed E-state index contributed by atoms with van der Waals surface area (Å²) in [6.45, 7) is 5.48. The van der Waals surface area contributed by atoms with Crippen LogP contribution in [0.2, 0.25) is 5.02 Å². The molecule has 0 aliphatic carbocycles. The van der Waals surface area contributed by atoms with Crippen LogP contribution in [-0.2, 0) is 38.8 Å². The number of nitrogens with one attached hydrogen (secondary N) is 1. The van der Waals surface area contributed by atoms with E-state index in [0.29, 0.717) is 24.3 Å². The minimum atomic E-state index is -4.01. The van der Waals surface area contributed by atoms with E-state index in [4.69, 9.17) is 21.3 Å². The highest BCUT2D eigenvalue weighted by molar-refractivity contribution is 7.90. The Hall–Kier alpha value is -3.89. The predicted octanol–water partition coefficient (Wildman–Crippen LogP) is 5.47. The van der Waals surface area contributed by atoms with Crippen LogP contribution >= 0.6 is 11.6 Å². The maximum atomic E-state index is 12.3. The third kappa shape index (κ3) is 6.63. The number of nitrogens with zero attached hydrogens (tertiary/aromatic N) is 2. The van der Waals surface area contributed by atoms with E-state index in [1.807, 2.05) is 59.5 Å². The van der Waals surface area contributed by atoms with Crippen molar-refractivity contribution in [2.45, 2.75) is 44.9 Å². The topological polar surface area (TPSA) is 128 Å². The van der Waals surface area contributed by atoms with Crippen molar-refractivity contribution in [3.05, 3.63) is 88.2 Å². The van der Waals surface area contributed by atoms with Crippen molar-refractivity contribution in [3.8, 4) is 5.69 Å². The molecule has 0 radical (unpaired) electrons. The van der Waals surface area contributed by atoms with Gasteiger partial charge in [-0.3, -0.25) is 9.36 Å². The predicted molar refractivity (Wildman–Crippen MR) is 153 cm³/mol. The fourth-order valence-electron chi connectivity index (χ4n) is 4.28. The smallest absolute Gasteiger partial charge is 0.421 e. The molecule has 0 aliphatic heterocycles. The largest absolute Gasteiger partial charge is 0.481 e. The Kier molecular flexibility index (Phi) is 8.80. The first-order valence-corrected chi connectivity index (χ1v) is 14.6. The van der Waals surface area contributed by atoms with E-state index in [1.54, 1.807) is 19.1 Å². The number of sulfonamides is 1. The molecule has 1 atom stereocenters. The van der Waals surface area contributed by atoms with E-state index in [-0.39, 0.29) is 11.5 Å². The van der Waals surface area contributed by atoms with Gasteiger partial charge >= 0.3 is 12.1 Å². The lowest BCUT2D eigenvalue weighted by molar-refractivity contribution is -0.141. The first kappa shape index (κ1) is 29.1. The van der Waals surface area contributed by atoms with Crippen molar-refractivity contribution in [1.82, 2.24) is 14.3 Å². The molecule has 11 heteroatoms. The van der Waals surface area contributed by atoms with E-state index in [1.165, 1.54) is 12.1 Å². The first-order valence-electron chi connectivity index (χ1n) is 12.8. The van der Waals surface area contributed by atoms with Gasteiger partial charge in [-0.2, -0.15) is 0 Å². The van der Waals surface area contributed by atoms with Crippen molar-refractivity contribution < 1.29 is 27.9 Å². The summed E-state index contributed by atoms with van der Waals surface area (Å²) in [5.41, 5.74) is 4.95. The van der Waals surface area contributed by atoms with Crippen molar-refractivity contribution >= 4 is 44.7 Å². The second kappa shape index (κ2) is 12.1. The maximum Gasteiger partial charge on any atom is 0.421 e. The zero-order valence-corrected chi connectivity index (χ0v) is 23.9. The van der Waals surface area contributed by atoms with Gasteiger partial charge < -0.3 is 9.84 Å². The summed E-state index contributed by atoms with van der Waals surface area (Å²) in [6, 6.07) is 17.4. The van der Waals surface area contributed by atoms with Gasteiger partial charge in [0.2, 0.25) is 0 Å². The Morgan fingerprint density at radius 2 is 1.77 bits per heavy atom. The zero-order valence-electron chi connectivity index (χ0n) is 22.3. The number of benzene rings is 3. The number of rotatable bonds is 10. The summed E-state index contributed by atoms with van der Waals surface area (Å²) in [7, 11) is -4.01. The average molecular weight is 584 g/mol. The number of carbonyl (C=O) groups is 2. The molecule has 9 nitrogen and oxygen atoms in total. The molecular weight excluding hydrogens is 554 g/mol. The molecular formula is C29H30ClN3O6S. The number of amides is 1. The van der Waals surface area contributed by atoms with Gasteiger partial charge in [0.15, 0.2) is 0 Å². The van der Waals surface area contributed by atoms with Crippen LogP contribution in [0.25, 0.3) is 16.7 Å². The Bertz CT molecular complexity index is 1650. The van der Waals surface area contributed by atoms with E-state index < -0.39 is 28.0 Å². The molecule has 1 amide bonds. The van der Waals surface area contributed by atoms with Crippen molar-refractivity contribution in [2.75, 3.05) is 6.61 Å². The SMILES string of the molecule is CCc1nc2cc(CC(C)C(=O)O)c(Cl)cc2n1-c1ccc(CCOC(=O)NS(=O)(=O)c2ccc(C)cc2)cc1. The average Bonchev–Trinajstić information content (AvgIpc) is 3.26. The third-order valence-corrected chi connectivity index (χ3v) is 8.20. The minimum absolute atomic E-state index is 0.00400. The van der Waals surface area contributed by atoms with E-state index in [2.05, 4.69) is 0 Å². The summed E-state index contributed by atoms with van der Waals surface area (Å²) in [5.74, 6) is -0.616. The van der Waals surface area contributed by atoms with Crippen LogP contribution in [0.15, 0.2) is 65.6 Å². The van der Waals surface area contributed by atoms with Crippen LogP contribution in [0, 0.1) is 12.8 Å².